The molecule has 0 fully saturated rings. The van der Waals surface area contributed by atoms with E-state index in [4.69, 9.17) is 9.84 Å². The maximum absolute atomic E-state index is 10.7. The van der Waals surface area contributed by atoms with Gasteiger partial charge in [-0.1, -0.05) is 65.0 Å². The second kappa shape index (κ2) is 12.7. The third kappa shape index (κ3) is 7.57. The molecule has 200 valence electrons. The quantitative estimate of drug-likeness (QED) is 0.299. The number of benzene rings is 2. The van der Waals surface area contributed by atoms with Crippen LogP contribution in [0.4, 0.5) is 0 Å². The SMILES string of the molecule is CCC(CC)(c1ccc(CCC(O)C(C)(C)C)c(C)c1)c1ccc(OCC(O)CCC(=O)O)c(C)c1. The van der Waals surface area contributed by atoms with Crippen molar-refractivity contribution in [3.63, 3.8) is 0 Å². The molecule has 0 spiro atoms. The molecule has 0 amide bonds. The molecule has 2 aromatic rings. The van der Waals surface area contributed by atoms with Gasteiger partial charge in [-0.25, -0.2) is 0 Å². The zero-order valence-electron chi connectivity index (χ0n) is 23.2. The van der Waals surface area contributed by atoms with E-state index in [0.717, 1.165) is 31.2 Å². The molecule has 3 N–H and O–H groups in total. The summed E-state index contributed by atoms with van der Waals surface area (Å²) in [6.07, 6.45) is 2.48. The number of hydrogen-bond acceptors (Lipinski definition) is 4. The minimum absolute atomic E-state index is 0.0741. The molecule has 0 aromatic heterocycles. The van der Waals surface area contributed by atoms with Crippen LogP contribution in [0.15, 0.2) is 36.4 Å². The molecule has 5 heteroatoms. The van der Waals surface area contributed by atoms with Crippen LogP contribution in [0.25, 0.3) is 0 Å². The molecule has 0 aliphatic carbocycles. The lowest BCUT2D eigenvalue weighted by Crippen LogP contribution is -2.27. The summed E-state index contributed by atoms with van der Waals surface area (Å²) in [5.74, 6) is -0.214. The number of aliphatic carboxylic acids is 1. The summed E-state index contributed by atoms with van der Waals surface area (Å²) in [5.41, 5.74) is 5.82. The Labute approximate surface area is 217 Å². The number of ether oxygens (including phenoxy) is 1. The summed E-state index contributed by atoms with van der Waals surface area (Å²) in [7, 11) is 0. The molecule has 0 radical (unpaired) electrons. The molecular weight excluding hydrogens is 452 g/mol. The maximum atomic E-state index is 10.7. The summed E-state index contributed by atoms with van der Waals surface area (Å²) in [5, 5.41) is 29.3. The van der Waals surface area contributed by atoms with E-state index in [1.807, 2.05) is 13.0 Å². The van der Waals surface area contributed by atoms with E-state index < -0.39 is 12.1 Å². The van der Waals surface area contributed by atoms with Crippen LogP contribution in [-0.2, 0) is 16.6 Å². The Bertz CT molecular complexity index is 1000. The van der Waals surface area contributed by atoms with Gasteiger partial charge in [-0.05, 0) is 85.3 Å². The van der Waals surface area contributed by atoms with Crippen LogP contribution < -0.4 is 4.74 Å². The highest BCUT2D eigenvalue weighted by Crippen LogP contribution is 2.41. The van der Waals surface area contributed by atoms with Crippen molar-refractivity contribution in [2.45, 2.75) is 105 Å². The number of aliphatic hydroxyl groups is 2. The van der Waals surface area contributed by atoms with Crippen molar-refractivity contribution in [2.24, 2.45) is 5.41 Å². The van der Waals surface area contributed by atoms with Crippen molar-refractivity contribution >= 4 is 5.97 Å². The Balaban J connectivity index is 2.23. The van der Waals surface area contributed by atoms with Crippen LogP contribution in [-0.4, -0.2) is 40.1 Å². The predicted octanol–water partition coefficient (Wildman–Crippen LogP) is 6.35. The summed E-state index contributed by atoms with van der Waals surface area (Å²) in [6, 6.07) is 13.0. The largest absolute Gasteiger partial charge is 0.491 e. The van der Waals surface area contributed by atoms with Crippen LogP contribution in [0, 0.1) is 19.3 Å². The Kier molecular flexibility index (Phi) is 10.6. The van der Waals surface area contributed by atoms with Gasteiger partial charge in [0.25, 0.3) is 0 Å². The average Bonchev–Trinajstić information content (AvgIpc) is 2.82. The average molecular weight is 499 g/mol. The molecule has 2 atom stereocenters. The number of carbonyl (C=O) groups is 1. The van der Waals surface area contributed by atoms with Crippen molar-refractivity contribution in [2.75, 3.05) is 6.61 Å². The molecule has 36 heavy (non-hydrogen) atoms. The molecule has 2 aromatic carbocycles. The van der Waals surface area contributed by atoms with Crippen LogP contribution in [0.5, 0.6) is 5.75 Å². The van der Waals surface area contributed by atoms with Gasteiger partial charge < -0.3 is 20.1 Å². The number of carboxylic acid groups (broad SMARTS) is 1. The highest BCUT2D eigenvalue weighted by molar-refractivity contribution is 5.66. The first kappa shape index (κ1) is 29.9. The van der Waals surface area contributed by atoms with Gasteiger partial charge >= 0.3 is 5.97 Å². The second-order valence-corrected chi connectivity index (χ2v) is 11.2. The smallest absolute Gasteiger partial charge is 0.303 e. The minimum atomic E-state index is -0.921. The molecule has 2 unspecified atom stereocenters. The van der Waals surface area contributed by atoms with Gasteiger partial charge in [0.15, 0.2) is 0 Å². The van der Waals surface area contributed by atoms with Gasteiger partial charge in [0, 0.05) is 11.8 Å². The molecular formula is C31H46O5. The normalized spacial score (nSPS) is 13.9. The van der Waals surface area contributed by atoms with Gasteiger partial charge in [-0.15, -0.1) is 0 Å². The van der Waals surface area contributed by atoms with Crippen molar-refractivity contribution in [3.05, 3.63) is 64.2 Å². The molecule has 0 saturated carbocycles. The number of rotatable bonds is 13. The van der Waals surface area contributed by atoms with E-state index >= 15 is 0 Å². The van der Waals surface area contributed by atoms with Gasteiger partial charge in [0.1, 0.15) is 12.4 Å². The molecule has 0 aliphatic rings. The lowest BCUT2D eigenvalue weighted by molar-refractivity contribution is -0.137. The first-order valence-corrected chi connectivity index (χ1v) is 13.3. The number of aliphatic hydroxyl groups excluding tert-OH is 2. The molecule has 0 aliphatic heterocycles. The third-order valence-electron chi connectivity index (χ3n) is 7.64. The Morgan fingerprint density at radius 1 is 0.917 bits per heavy atom. The van der Waals surface area contributed by atoms with Crippen molar-refractivity contribution in [3.8, 4) is 5.75 Å². The topological polar surface area (TPSA) is 87.0 Å². The maximum Gasteiger partial charge on any atom is 0.303 e. The van der Waals surface area contributed by atoms with Crippen molar-refractivity contribution in [1.29, 1.82) is 0 Å². The van der Waals surface area contributed by atoms with E-state index in [0.29, 0.717) is 5.75 Å². The summed E-state index contributed by atoms with van der Waals surface area (Å²) < 4.78 is 5.81. The second-order valence-electron chi connectivity index (χ2n) is 11.2. The van der Waals surface area contributed by atoms with Crippen LogP contribution in [0.2, 0.25) is 0 Å². The Morgan fingerprint density at radius 3 is 2.00 bits per heavy atom. The van der Waals surface area contributed by atoms with E-state index in [9.17, 15) is 15.0 Å². The Hall–Kier alpha value is -2.37. The lowest BCUT2D eigenvalue weighted by atomic mass is 9.69. The highest BCUT2D eigenvalue weighted by Gasteiger charge is 2.31. The van der Waals surface area contributed by atoms with Crippen LogP contribution in [0.3, 0.4) is 0 Å². The fourth-order valence-electron chi connectivity index (χ4n) is 4.90. The van der Waals surface area contributed by atoms with Gasteiger partial charge in [0.05, 0.1) is 12.2 Å². The number of hydrogen-bond donors (Lipinski definition) is 3. The number of aryl methyl sites for hydroxylation is 3. The van der Waals surface area contributed by atoms with E-state index in [1.54, 1.807) is 0 Å². The highest BCUT2D eigenvalue weighted by atomic mass is 16.5. The molecule has 0 saturated heterocycles. The lowest BCUT2D eigenvalue weighted by Gasteiger charge is -2.34. The summed E-state index contributed by atoms with van der Waals surface area (Å²) in [6.45, 7) is 14.9. The molecule has 5 nitrogen and oxygen atoms in total. The van der Waals surface area contributed by atoms with Gasteiger partial charge in [0.2, 0.25) is 0 Å². The monoisotopic (exact) mass is 498 g/mol. The molecule has 0 bridgehead atoms. The van der Waals surface area contributed by atoms with E-state index in [1.165, 1.54) is 22.3 Å². The zero-order valence-corrected chi connectivity index (χ0v) is 23.2. The Morgan fingerprint density at radius 2 is 1.50 bits per heavy atom. The van der Waals surface area contributed by atoms with Crippen molar-refractivity contribution < 1.29 is 24.9 Å². The van der Waals surface area contributed by atoms with Crippen LogP contribution in [0.1, 0.15) is 94.5 Å². The summed E-state index contributed by atoms with van der Waals surface area (Å²) >= 11 is 0. The first-order chi connectivity index (χ1) is 16.8. The third-order valence-corrected chi connectivity index (χ3v) is 7.64. The number of carboxylic acids is 1. The van der Waals surface area contributed by atoms with E-state index in [-0.39, 0.29) is 36.4 Å². The fraction of sp³-hybridized carbons (Fsp3) is 0.581. The summed E-state index contributed by atoms with van der Waals surface area (Å²) in [4.78, 5) is 10.7. The first-order valence-electron chi connectivity index (χ1n) is 13.3. The van der Waals surface area contributed by atoms with Crippen molar-refractivity contribution in [1.82, 2.24) is 0 Å². The van der Waals surface area contributed by atoms with E-state index in [2.05, 4.69) is 71.9 Å². The van der Waals surface area contributed by atoms with Crippen LogP contribution >= 0.6 is 0 Å². The molecule has 2 rings (SSSR count). The fourth-order valence-corrected chi connectivity index (χ4v) is 4.90. The van der Waals surface area contributed by atoms with Gasteiger partial charge in [-0.3, -0.25) is 4.79 Å². The predicted molar refractivity (Wildman–Crippen MR) is 146 cm³/mol. The molecule has 0 heterocycles. The minimum Gasteiger partial charge on any atom is -0.491 e. The van der Waals surface area contributed by atoms with Gasteiger partial charge in [-0.2, -0.15) is 0 Å². The zero-order chi connectivity index (χ0) is 27.1. The standard InChI is InChI=1S/C31H46O5/c1-8-31(9-2,24-12-10-23(21(3)18-24)11-16-28(33)30(5,6)7)25-13-15-27(22(4)19-25)36-20-26(32)14-17-29(34)35/h10,12-13,15,18-19,26,28,32-33H,8-9,11,14,16-17,20H2,1-7H3,(H,34,35).